The Labute approximate surface area is 140 Å². The zero-order chi connectivity index (χ0) is 16.5. The molecule has 23 heavy (non-hydrogen) atoms. The molecule has 0 aliphatic heterocycles. The lowest BCUT2D eigenvalue weighted by Gasteiger charge is -2.14. The highest BCUT2D eigenvalue weighted by molar-refractivity contribution is 5.56. The number of unbranched alkanes of at least 4 members (excludes halogenated alkanes) is 1. The third kappa shape index (κ3) is 5.51. The van der Waals surface area contributed by atoms with Gasteiger partial charge in [-0.1, -0.05) is 31.5 Å². The zero-order valence-corrected chi connectivity index (χ0v) is 14.5. The van der Waals surface area contributed by atoms with E-state index >= 15 is 0 Å². The van der Waals surface area contributed by atoms with E-state index in [0.29, 0.717) is 0 Å². The quantitative estimate of drug-likeness (QED) is 0.639. The molecule has 2 aromatic carbocycles. The number of aryl methyl sites for hydroxylation is 2. The van der Waals surface area contributed by atoms with E-state index < -0.39 is 0 Å². The summed E-state index contributed by atoms with van der Waals surface area (Å²) in [6.45, 7) is 8.94. The summed E-state index contributed by atoms with van der Waals surface area (Å²) in [6, 6.07) is 14.6. The van der Waals surface area contributed by atoms with E-state index in [1.807, 2.05) is 18.2 Å². The predicted molar refractivity (Wildman–Crippen MR) is 99.7 cm³/mol. The Morgan fingerprint density at radius 3 is 2.48 bits per heavy atom. The number of rotatable bonds is 9. The highest BCUT2D eigenvalue weighted by Gasteiger charge is 2.02. The molecule has 0 bridgehead atoms. The minimum absolute atomic E-state index is 0.774. The molecule has 2 N–H and O–H groups in total. The maximum atomic E-state index is 5.84. The van der Waals surface area contributed by atoms with Crippen LogP contribution in [0, 0.1) is 13.8 Å². The molecule has 0 aliphatic carbocycles. The summed E-state index contributed by atoms with van der Waals surface area (Å²) in [7, 11) is 0. The number of para-hydroxylation sites is 2. The van der Waals surface area contributed by atoms with E-state index in [1.165, 1.54) is 16.8 Å². The summed E-state index contributed by atoms with van der Waals surface area (Å²) < 4.78 is 5.84. The summed E-state index contributed by atoms with van der Waals surface area (Å²) >= 11 is 0. The number of hydrogen-bond donors (Lipinski definition) is 2. The van der Waals surface area contributed by atoms with Crippen molar-refractivity contribution in [2.24, 2.45) is 0 Å². The molecular formula is C20H28N2O. The van der Waals surface area contributed by atoms with Crippen LogP contribution in [-0.2, 0) is 0 Å². The lowest BCUT2D eigenvalue weighted by Crippen LogP contribution is -2.14. The molecule has 0 fully saturated rings. The molecule has 0 atom stereocenters. The van der Waals surface area contributed by atoms with Gasteiger partial charge in [-0.25, -0.2) is 0 Å². The van der Waals surface area contributed by atoms with Crippen molar-refractivity contribution in [2.75, 3.05) is 30.3 Å². The molecule has 3 heteroatoms. The summed E-state index contributed by atoms with van der Waals surface area (Å²) in [4.78, 5) is 0. The van der Waals surface area contributed by atoms with Crippen LogP contribution in [0.3, 0.4) is 0 Å². The molecule has 0 spiro atoms. The highest BCUT2D eigenvalue weighted by atomic mass is 16.5. The number of benzene rings is 2. The van der Waals surface area contributed by atoms with Gasteiger partial charge in [-0.15, -0.1) is 0 Å². The van der Waals surface area contributed by atoms with E-state index in [9.17, 15) is 0 Å². The van der Waals surface area contributed by atoms with Gasteiger partial charge in [-0.2, -0.15) is 0 Å². The van der Waals surface area contributed by atoms with Crippen LogP contribution in [0.25, 0.3) is 0 Å². The van der Waals surface area contributed by atoms with Gasteiger partial charge >= 0.3 is 0 Å². The lowest BCUT2D eigenvalue weighted by atomic mass is 10.1. The minimum Gasteiger partial charge on any atom is -0.491 e. The fourth-order valence-electron chi connectivity index (χ4n) is 2.32. The molecule has 2 aromatic rings. The smallest absolute Gasteiger partial charge is 0.142 e. The van der Waals surface area contributed by atoms with E-state index in [1.54, 1.807) is 0 Å². The first-order valence-electron chi connectivity index (χ1n) is 8.47. The van der Waals surface area contributed by atoms with Gasteiger partial charge in [0, 0.05) is 18.8 Å². The maximum absolute atomic E-state index is 5.84. The molecule has 0 aliphatic rings. The van der Waals surface area contributed by atoms with E-state index in [-0.39, 0.29) is 0 Å². The summed E-state index contributed by atoms with van der Waals surface area (Å²) in [6.07, 6.45) is 2.23. The first kappa shape index (κ1) is 17.2. The van der Waals surface area contributed by atoms with Gasteiger partial charge in [0.1, 0.15) is 5.75 Å². The van der Waals surface area contributed by atoms with Crippen molar-refractivity contribution in [1.29, 1.82) is 0 Å². The van der Waals surface area contributed by atoms with Crippen LogP contribution in [0.5, 0.6) is 5.75 Å². The molecule has 0 heterocycles. The second kappa shape index (κ2) is 9.09. The average molecular weight is 312 g/mol. The zero-order valence-electron chi connectivity index (χ0n) is 14.5. The molecule has 0 saturated carbocycles. The first-order valence-corrected chi connectivity index (χ1v) is 8.47. The topological polar surface area (TPSA) is 33.3 Å². The molecule has 0 unspecified atom stereocenters. The minimum atomic E-state index is 0.774. The van der Waals surface area contributed by atoms with Crippen molar-refractivity contribution in [1.82, 2.24) is 0 Å². The predicted octanol–water partition coefficient (Wildman–Crippen LogP) is 5.01. The second-order valence-electron chi connectivity index (χ2n) is 5.85. The van der Waals surface area contributed by atoms with Crippen molar-refractivity contribution in [3.8, 4) is 5.75 Å². The summed E-state index contributed by atoms with van der Waals surface area (Å²) in [5.74, 6) is 0.937. The molecule has 0 aromatic heterocycles. The van der Waals surface area contributed by atoms with Crippen molar-refractivity contribution < 1.29 is 4.74 Å². The Bertz CT molecular complexity index is 610. The van der Waals surface area contributed by atoms with E-state index in [4.69, 9.17) is 4.74 Å². The maximum Gasteiger partial charge on any atom is 0.142 e. The molecule has 0 saturated heterocycles. The summed E-state index contributed by atoms with van der Waals surface area (Å²) in [5.41, 5.74) is 4.87. The molecule has 3 nitrogen and oxygen atoms in total. The fourth-order valence-corrected chi connectivity index (χ4v) is 2.32. The number of ether oxygens (including phenoxy) is 1. The van der Waals surface area contributed by atoms with Gasteiger partial charge in [0.15, 0.2) is 0 Å². The Hall–Kier alpha value is -2.16. The van der Waals surface area contributed by atoms with Gasteiger partial charge in [0.2, 0.25) is 0 Å². The Kier molecular flexibility index (Phi) is 6.79. The lowest BCUT2D eigenvalue weighted by molar-refractivity contribution is 0.311. The fraction of sp³-hybridized carbons (Fsp3) is 0.400. The standard InChI is InChI=1S/C20H28N2O/c1-4-5-14-23-20-9-7-6-8-19(20)22-13-12-21-18-11-10-16(2)17(3)15-18/h6-11,15,21-22H,4-5,12-14H2,1-3H3. The van der Waals surface area contributed by atoms with Crippen LogP contribution in [0.15, 0.2) is 42.5 Å². The van der Waals surface area contributed by atoms with Crippen molar-refractivity contribution in [2.45, 2.75) is 33.6 Å². The third-order valence-corrected chi connectivity index (χ3v) is 3.92. The Morgan fingerprint density at radius 2 is 1.70 bits per heavy atom. The SMILES string of the molecule is CCCCOc1ccccc1NCCNc1ccc(C)c(C)c1. The number of anilines is 2. The van der Waals surface area contributed by atoms with Crippen LogP contribution in [0.1, 0.15) is 30.9 Å². The highest BCUT2D eigenvalue weighted by Crippen LogP contribution is 2.23. The van der Waals surface area contributed by atoms with Crippen LogP contribution in [-0.4, -0.2) is 19.7 Å². The first-order chi connectivity index (χ1) is 11.2. The van der Waals surface area contributed by atoms with E-state index in [0.717, 1.165) is 44.0 Å². The van der Waals surface area contributed by atoms with Crippen LogP contribution in [0.2, 0.25) is 0 Å². The van der Waals surface area contributed by atoms with Gasteiger partial charge in [0.05, 0.1) is 12.3 Å². The van der Waals surface area contributed by atoms with Crippen molar-refractivity contribution in [3.63, 3.8) is 0 Å². The molecule has 0 amide bonds. The monoisotopic (exact) mass is 312 g/mol. The largest absolute Gasteiger partial charge is 0.491 e. The molecule has 2 rings (SSSR count). The van der Waals surface area contributed by atoms with E-state index in [2.05, 4.69) is 55.7 Å². The van der Waals surface area contributed by atoms with Crippen LogP contribution in [0.4, 0.5) is 11.4 Å². The molecule has 0 radical (unpaired) electrons. The van der Waals surface area contributed by atoms with Gasteiger partial charge in [0.25, 0.3) is 0 Å². The third-order valence-electron chi connectivity index (χ3n) is 3.92. The van der Waals surface area contributed by atoms with Crippen molar-refractivity contribution in [3.05, 3.63) is 53.6 Å². The van der Waals surface area contributed by atoms with Crippen LogP contribution < -0.4 is 15.4 Å². The van der Waals surface area contributed by atoms with Crippen LogP contribution >= 0.6 is 0 Å². The Balaban J connectivity index is 1.80. The normalized spacial score (nSPS) is 10.4. The molecule has 124 valence electrons. The Morgan fingerprint density at radius 1 is 0.913 bits per heavy atom. The van der Waals surface area contributed by atoms with Gasteiger partial charge in [-0.05, 0) is 55.7 Å². The average Bonchev–Trinajstić information content (AvgIpc) is 2.56. The molecular weight excluding hydrogens is 284 g/mol. The summed E-state index contributed by atoms with van der Waals surface area (Å²) in [5, 5.41) is 6.90. The number of nitrogens with one attached hydrogen (secondary N) is 2. The van der Waals surface area contributed by atoms with Gasteiger partial charge < -0.3 is 15.4 Å². The number of hydrogen-bond acceptors (Lipinski definition) is 3. The second-order valence-corrected chi connectivity index (χ2v) is 5.85. The van der Waals surface area contributed by atoms with Gasteiger partial charge in [-0.3, -0.25) is 0 Å². The van der Waals surface area contributed by atoms with Crippen molar-refractivity contribution >= 4 is 11.4 Å².